The number of para-hydroxylation sites is 1. The number of nitrogens with two attached hydrogens (primary N) is 1. The van der Waals surface area contributed by atoms with Crippen LogP contribution in [-0.2, 0) is 6.42 Å². The second-order valence-electron chi connectivity index (χ2n) is 3.88. The Morgan fingerprint density at radius 1 is 1.35 bits per heavy atom. The van der Waals surface area contributed by atoms with Crippen molar-refractivity contribution in [2.24, 2.45) is 0 Å². The smallest absolute Gasteiger partial charge is 0.265 e. The fourth-order valence-electron chi connectivity index (χ4n) is 1.47. The van der Waals surface area contributed by atoms with Gasteiger partial charge in [0.2, 0.25) is 5.89 Å². The molecule has 5 heteroatoms. The van der Waals surface area contributed by atoms with E-state index in [1.807, 2.05) is 43.1 Å². The van der Waals surface area contributed by atoms with Crippen LogP contribution in [-0.4, -0.2) is 23.7 Å². The second-order valence-corrected chi connectivity index (χ2v) is 3.88. The lowest BCUT2D eigenvalue weighted by Gasteiger charge is -2.08. The van der Waals surface area contributed by atoms with Crippen molar-refractivity contribution in [3.05, 3.63) is 35.7 Å². The molecule has 0 bridgehead atoms. The summed E-state index contributed by atoms with van der Waals surface area (Å²) < 4.78 is 5.19. The molecule has 2 N–H and O–H groups in total. The molecule has 5 nitrogen and oxygen atoms in total. The molecule has 1 aromatic carbocycles. The van der Waals surface area contributed by atoms with E-state index < -0.39 is 0 Å². The molecule has 0 spiro atoms. The Labute approximate surface area is 100 Å². The minimum absolute atomic E-state index is 0.567. The van der Waals surface area contributed by atoms with Crippen LogP contribution in [0.25, 0.3) is 0 Å². The number of anilines is 2. The van der Waals surface area contributed by atoms with Crippen LogP contribution in [0.15, 0.2) is 28.8 Å². The normalized spacial score (nSPS) is 10.5. The predicted molar refractivity (Wildman–Crippen MR) is 66.9 cm³/mol. The highest BCUT2D eigenvalue weighted by Crippen LogP contribution is 2.16. The Morgan fingerprint density at radius 3 is 2.82 bits per heavy atom. The molecule has 0 atom stereocenters. The van der Waals surface area contributed by atoms with Gasteiger partial charge in [0, 0.05) is 19.3 Å². The Morgan fingerprint density at radius 2 is 2.12 bits per heavy atom. The van der Waals surface area contributed by atoms with Crippen LogP contribution in [0.2, 0.25) is 0 Å². The largest absolute Gasteiger partial charge is 0.398 e. The Bertz CT molecular complexity index is 495. The van der Waals surface area contributed by atoms with Gasteiger partial charge in [-0.25, -0.2) is 0 Å². The van der Waals surface area contributed by atoms with Crippen LogP contribution in [0.4, 0.5) is 11.6 Å². The molecule has 90 valence electrons. The van der Waals surface area contributed by atoms with Gasteiger partial charge in [-0.3, -0.25) is 0 Å². The van der Waals surface area contributed by atoms with Crippen LogP contribution in [0.1, 0.15) is 18.4 Å². The molecule has 0 radical (unpaired) electrons. The molecule has 2 aromatic rings. The monoisotopic (exact) mass is 232 g/mol. The van der Waals surface area contributed by atoms with Crippen LogP contribution >= 0.6 is 0 Å². The molecule has 1 heterocycles. The lowest BCUT2D eigenvalue weighted by atomic mass is 10.1. The molecule has 0 fully saturated rings. The van der Waals surface area contributed by atoms with Gasteiger partial charge in [0.15, 0.2) is 0 Å². The van der Waals surface area contributed by atoms with Crippen LogP contribution in [0, 0.1) is 0 Å². The SMILES string of the molecule is CCN(C)c1noc(Cc2ccccc2N)n1. The van der Waals surface area contributed by atoms with Crippen molar-refractivity contribution in [2.75, 3.05) is 24.2 Å². The van der Waals surface area contributed by atoms with E-state index in [2.05, 4.69) is 10.1 Å². The Balaban J connectivity index is 2.14. The molecule has 0 amide bonds. The third-order valence-corrected chi connectivity index (χ3v) is 2.67. The molecular formula is C12H16N4O. The van der Waals surface area contributed by atoms with E-state index in [4.69, 9.17) is 10.3 Å². The molecule has 0 saturated carbocycles. The second kappa shape index (κ2) is 4.86. The van der Waals surface area contributed by atoms with E-state index in [1.165, 1.54) is 0 Å². The number of nitrogens with zero attached hydrogens (tertiary/aromatic N) is 3. The average Bonchev–Trinajstić information content (AvgIpc) is 2.80. The van der Waals surface area contributed by atoms with Crippen molar-refractivity contribution >= 4 is 11.6 Å². The van der Waals surface area contributed by atoms with Crippen LogP contribution < -0.4 is 10.6 Å². The molecule has 0 saturated heterocycles. The van der Waals surface area contributed by atoms with Crippen molar-refractivity contribution in [3.8, 4) is 0 Å². The third kappa shape index (κ3) is 2.55. The summed E-state index contributed by atoms with van der Waals surface area (Å²) in [5, 5.41) is 3.91. The molecule has 17 heavy (non-hydrogen) atoms. The molecule has 0 unspecified atom stereocenters. The molecule has 0 aliphatic rings. The third-order valence-electron chi connectivity index (χ3n) is 2.67. The van der Waals surface area contributed by atoms with Crippen LogP contribution in [0.3, 0.4) is 0 Å². The maximum Gasteiger partial charge on any atom is 0.265 e. The molecule has 0 aliphatic heterocycles. The fourth-order valence-corrected chi connectivity index (χ4v) is 1.47. The quantitative estimate of drug-likeness (QED) is 0.812. The van der Waals surface area contributed by atoms with Gasteiger partial charge in [0.25, 0.3) is 5.95 Å². The molecule has 1 aromatic heterocycles. The summed E-state index contributed by atoms with van der Waals surface area (Å²) in [4.78, 5) is 6.23. The average molecular weight is 232 g/mol. The first-order valence-corrected chi connectivity index (χ1v) is 5.57. The van der Waals surface area contributed by atoms with Crippen LogP contribution in [0.5, 0.6) is 0 Å². The molecular weight excluding hydrogens is 216 g/mol. The van der Waals surface area contributed by atoms with Gasteiger partial charge in [0.1, 0.15) is 0 Å². The minimum atomic E-state index is 0.567. The van der Waals surface area contributed by atoms with E-state index in [0.717, 1.165) is 17.8 Å². The van der Waals surface area contributed by atoms with Gasteiger partial charge in [-0.1, -0.05) is 18.2 Å². The van der Waals surface area contributed by atoms with Gasteiger partial charge >= 0.3 is 0 Å². The van der Waals surface area contributed by atoms with Gasteiger partial charge in [-0.2, -0.15) is 4.98 Å². The van der Waals surface area contributed by atoms with Crippen molar-refractivity contribution in [1.29, 1.82) is 0 Å². The molecule has 0 aliphatic carbocycles. The first kappa shape index (κ1) is 11.4. The number of benzene rings is 1. The highest BCUT2D eigenvalue weighted by atomic mass is 16.5. The van der Waals surface area contributed by atoms with E-state index in [9.17, 15) is 0 Å². The number of rotatable bonds is 4. The zero-order chi connectivity index (χ0) is 12.3. The van der Waals surface area contributed by atoms with Crippen molar-refractivity contribution in [3.63, 3.8) is 0 Å². The highest BCUT2D eigenvalue weighted by molar-refractivity contribution is 5.47. The summed E-state index contributed by atoms with van der Waals surface area (Å²) in [5.41, 5.74) is 7.61. The lowest BCUT2D eigenvalue weighted by molar-refractivity contribution is 0.384. The van der Waals surface area contributed by atoms with Gasteiger partial charge < -0.3 is 15.2 Å². The minimum Gasteiger partial charge on any atom is -0.398 e. The number of nitrogen functional groups attached to an aromatic ring is 1. The number of hydrogen-bond acceptors (Lipinski definition) is 5. The first-order valence-electron chi connectivity index (χ1n) is 5.57. The van der Waals surface area contributed by atoms with Gasteiger partial charge in [0.05, 0.1) is 6.42 Å². The maximum atomic E-state index is 5.86. The lowest BCUT2D eigenvalue weighted by Crippen LogP contribution is -2.17. The van der Waals surface area contributed by atoms with Crippen molar-refractivity contribution < 1.29 is 4.52 Å². The summed E-state index contributed by atoms with van der Waals surface area (Å²) in [7, 11) is 1.92. The summed E-state index contributed by atoms with van der Waals surface area (Å²) in [6.45, 7) is 2.87. The van der Waals surface area contributed by atoms with E-state index >= 15 is 0 Å². The van der Waals surface area contributed by atoms with E-state index in [0.29, 0.717) is 18.3 Å². The zero-order valence-corrected chi connectivity index (χ0v) is 10.1. The summed E-state index contributed by atoms with van der Waals surface area (Å²) in [6, 6.07) is 7.68. The van der Waals surface area contributed by atoms with E-state index in [-0.39, 0.29) is 0 Å². The van der Waals surface area contributed by atoms with Crippen molar-refractivity contribution in [1.82, 2.24) is 10.1 Å². The number of hydrogen-bond donors (Lipinski definition) is 1. The van der Waals surface area contributed by atoms with Gasteiger partial charge in [-0.15, -0.1) is 0 Å². The number of aromatic nitrogens is 2. The Hall–Kier alpha value is -2.04. The maximum absolute atomic E-state index is 5.86. The predicted octanol–water partition coefficient (Wildman–Crippen LogP) is 1.70. The zero-order valence-electron chi connectivity index (χ0n) is 10.1. The summed E-state index contributed by atoms with van der Waals surface area (Å²) in [6.07, 6.45) is 0.567. The van der Waals surface area contributed by atoms with Gasteiger partial charge in [-0.05, 0) is 23.7 Å². The van der Waals surface area contributed by atoms with Crippen molar-refractivity contribution in [2.45, 2.75) is 13.3 Å². The fraction of sp³-hybridized carbons (Fsp3) is 0.333. The first-order chi connectivity index (χ1) is 8.20. The molecule has 2 rings (SSSR count). The summed E-state index contributed by atoms with van der Waals surface area (Å²) in [5.74, 6) is 1.19. The topological polar surface area (TPSA) is 68.2 Å². The standard InChI is InChI=1S/C12H16N4O/c1-3-16(2)12-14-11(17-15-12)8-9-6-4-5-7-10(9)13/h4-7H,3,8,13H2,1-2H3. The van der Waals surface area contributed by atoms with E-state index in [1.54, 1.807) is 0 Å². The Kier molecular flexibility index (Phi) is 3.27. The summed E-state index contributed by atoms with van der Waals surface area (Å²) >= 11 is 0. The highest BCUT2D eigenvalue weighted by Gasteiger charge is 2.10.